The lowest BCUT2D eigenvalue weighted by Crippen LogP contribution is -2.56. The van der Waals surface area contributed by atoms with Crippen molar-refractivity contribution in [3.63, 3.8) is 0 Å². The molecule has 3 saturated heterocycles. The van der Waals surface area contributed by atoms with Gasteiger partial charge in [-0.2, -0.15) is 0 Å². The number of ether oxygens (including phenoxy) is 4. The number of methoxy groups -OCH3 is 1. The molecule has 8 heteroatoms. The Kier molecular flexibility index (Phi) is 5.44. The van der Waals surface area contributed by atoms with Gasteiger partial charge in [0, 0.05) is 7.11 Å². The van der Waals surface area contributed by atoms with Gasteiger partial charge in [-0.1, -0.05) is 26.0 Å². The number of amides is 1. The number of aliphatic hydroxyl groups is 2. The molecule has 2 N–H and O–H groups in total. The van der Waals surface area contributed by atoms with Crippen molar-refractivity contribution in [3.05, 3.63) is 12.2 Å². The molecular weight excluding hydrogens is 378 g/mol. The minimum absolute atomic E-state index is 0.00745. The van der Waals surface area contributed by atoms with Gasteiger partial charge in [0.1, 0.15) is 29.5 Å². The van der Waals surface area contributed by atoms with Gasteiger partial charge in [-0.25, -0.2) is 4.79 Å². The van der Waals surface area contributed by atoms with Crippen molar-refractivity contribution >= 4 is 6.09 Å². The monoisotopic (exact) mass is 411 g/mol. The number of rotatable bonds is 5. The van der Waals surface area contributed by atoms with Gasteiger partial charge in [0.15, 0.2) is 0 Å². The van der Waals surface area contributed by atoms with Crippen molar-refractivity contribution in [2.24, 2.45) is 11.8 Å². The number of hydrogen-bond acceptors (Lipinski definition) is 7. The van der Waals surface area contributed by atoms with E-state index in [-0.39, 0.29) is 36.8 Å². The van der Waals surface area contributed by atoms with Crippen LogP contribution in [0.2, 0.25) is 0 Å². The Hall–Kier alpha value is -1.19. The first-order chi connectivity index (χ1) is 13.7. The summed E-state index contributed by atoms with van der Waals surface area (Å²) in [5.74, 6) is 0.391. The van der Waals surface area contributed by atoms with Gasteiger partial charge >= 0.3 is 6.09 Å². The highest BCUT2D eigenvalue weighted by Crippen LogP contribution is 2.59. The number of carbonyl (C=O) groups is 1. The van der Waals surface area contributed by atoms with Crippen LogP contribution in [-0.4, -0.2) is 89.7 Å². The van der Waals surface area contributed by atoms with E-state index >= 15 is 0 Å². The summed E-state index contributed by atoms with van der Waals surface area (Å²) in [4.78, 5) is 14.0. The molecule has 4 fully saturated rings. The molecule has 3 heterocycles. The lowest BCUT2D eigenvalue weighted by atomic mass is 9.68. The zero-order chi connectivity index (χ0) is 21.0. The Morgan fingerprint density at radius 1 is 1.28 bits per heavy atom. The number of nitrogens with zero attached hydrogens (tertiary/aromatic N) is 1. The average molecular weight is 411 g/mol. The number of β-amino-alcohol motifs (C(OH)–C–C–N with tert-alkyl or cyclic N) is 2. The second-order valence-electron chi connectivity index (χ2n) is 9.38. The summed E-state index contributed by atoms with van der Waals surface area (Å²) in [6.07, 6.45) is 2.48. The molecule has 1 saturated carbocycles. The molecule has 1 unspecified atom stereocenters. The van der Waals surface area contributed by atoms with Crippen LogP contribution in [0.1, 0.15) is 33.6 Å². The highest BCUT2D eigenvalue weighted by atomic mass is 16.6. The summed E-state index contributed by atoms with van der Waals surface area (Å²) in [5, 5.41) is 19.4. The number of carbonyl (C=O) groups excluding carboxylic acids is 1. The van der Waals surface area contributed by atoms with Crippen LogP contribution >= 0.6 is 0 Å². The van der Waals surface area contributed by atoms with E-state index in [2.05, 4.69) is 32.9 Å². The number of likely N-dealkylation sites (tertiary alicyclic amines) is 1. The van der Waals surface area contributed by atoms with Crippen LogP contribution in [0.4, 0.5) is 4.79 Å². The molecule has 3 aliphatic heterocycles. The minimum atomic E-state index is -0.935. The molecule has 1 aliphatic carbocycles. The molecule has 0 bridgehead atoms. The van der Waals surface area contributed by atoms with Crippen molar-refractivity contribution in [2.75, 3.05) is 26.8 Å². The highest BCUT2D eigenvalue weighted by molar-refractivity contribution is 5.68. The Labute approximate surface area is 171 Å². The number of hydrogen-bond donors (Lipinski definition) is 2. The fourth-order valence-corrected chi connectivity index (χ4v) is 5.07. The Bertz CT molecular complexity index is 653. The summed E-state index contributed by atoms with van der Waals surface area (Å²) in [6, 6.07) is 0. The first kappa shape index (κ1) is 21.1. The standard InChI is InChI=1S/C21H33NO7/c1-12(2)5-6-16-20(3,29-16)18-17(26-4)15(7-8-21(18)11-27-21)28-19(25)22-9-13(23)14(24)10-22/h5-6,12-18,23-24H,7-11H2,1-4H3/b6-5+/t13-,14-,15+,16+,17+,18?,20-,21-/m0/s1. The SMILES string of the molecule is CO[C@H]1C([C@@]2(C)O[C@@H]2/C=C/C(C)C)[C@]2(CC[C@H]1OC(=O)N1C[C@H](O)[C@@H](O)C1)CO2. The average Bonchev–Trinajstić information content (AvgIpc) is 3.55. The van der Waals surface area contributed by atoms with Gasteiger partial charge in [-0.05, 0) is 25.7 Å². The van der Waals surface area contributed by atoms with Gasteiger partial charge in [0.25, 0.3) is 0 Å². The fourth-order valence-electron chi connectivity index (χ4n) is 5.07. The zero-order valence-electron chi connectivity index (χ0n) is 17.6. The summed E-state index contributed by atoms with van der Waals surface area (Å²) in [5.41, 5.74) is -0.702. The molecule has 0 aromatic rings. The summed E-state index contributed by atoms with van der Waals surface area (Å²) < 4.78 is 23.7. The fraction of sp³-hybridized carbons (Fsp3) is 0.857. The molecular formula is C21H33NO7. The van der Waals surface area contributed by atoms with Crippen LogP contribution in [0.5, 0.6) is 0 Å². The first-order valence-electron chi connectivity index (χ1n) is 10.5. The minimum Gasteiger partial charge on any atom is -0.443 e. The lowest BCUT2D eigenvalue weighted by molar-refractivity contribution is -0.121. The molecule has 164 valence electrons. The van der Waals surface area contributed by atoms with Crippen LogP contribution in [0, 0.1) is 11.8 Å². The largest absolute Gasteiger partial charge is 0.443 e. The van der Waals surface area contributed by atoms with Gasteiger partial charge in [-0.15, -0.1) is 0 Å². The first-order valence-corrected chi connectivity index (χ1v) is 10.5. The Morgan fingerprint density at radius 2 is 1.93 bits per heavy atom. The molecule has 0 radical (unpaired) electrons. The summed E-state index contributed by atoms with van der Waals surface area (Å²) in [7, 11) is 1.63. The second kappa shape index (κ2) is 7.50. The predicted octanol–water partition coefficient (Wildman–Crippen LogP) is 1.09. The quantitative estimate of drug-likeness (QED) is 0.515. The molecule has 4 rings (SSSR count). The molecule has 8 atom stereocenters. The van der Waals surface area contributed by atoms with Gasteiger partial charge in [-0.3, -0.25) is 0 Å². The zero-order valence-corrected chi connectivity index (χ0v) is 17.6. The van der Waals surface area contributed by atoms with E-state index in [9.17, 15) is 15.0 Å². The van der Waals surface area contributed by atoms with Crippen molar-refractivity contribution in [2.45, 2.75) is 75.3 Å². The highest BCUT2D eigenvalue weighted by Gasteiger charge is 2.72. The third-order valence-corrected chi connectivity index (χ3v) is 6.85. The van der Waals surface area contributed by atoms with E-state index in [0.717, 1.165) is 6.42 Å². The third kappa shape index (κ3) is 3.81. The van der Waals surface area contributed by atoms with Crippen LogP contribution in [-0.2, 0) is 18.9 Å². The molecule has 4 aliphatic rings. The van der Waals surface area contributed by atoms with E-state index in [4.69, 9.17) is 18.9 Å². The third-order valence-electron chi connectivity index (χ3n) is 6.85. The molecule has 1 spiro atoms. The van der Waals surface area contributed by atoms with Crippen LogP contribution in [0.3, 0.4) is 0 Å². The Morgan fingerprint density at radius 3 is 2.48 bits per heavy atom. The molecule has 1 amide bonds. The van der Waals surface area contributed by atoms with E-state index in [1.165, 1.54) is 4.90 Å². The topological polar surface area (TPSA) is 104 Å². The van der Waals surface area contributed by atoms with E-state index in [1.807, 2.05) is 0 Å². The van der Waals surface area contributed by atoms with Crippen molar-refractivity contribution in [1.82, 2.24) is 4.90 Å². The van der Waals surface area contributed by atoms with Gasteiger partial charge in [0.2, 0.25) is 0 Å². The molecule has 29 heavy (non-hydrogen) atoms. The predicted molar refractivity (Wildman–Crippen MR) is 103 cm³/mol. The molecule has 0 aromatic carbocycles. The Balaban J connectivity index is 1.48. The van der Waals surface area contributed by atoms with Crippen molar-refractivity contribution in [3.8, 4) is 0 Å². The maximum absolute atomic E-state index is 12.6. The normalized spacial score (nSPS) is 46.7. The van der Waals surface area contributed by atoms with E-state index < -0.39 is 30.0 Å². The van der Waals surface area contributed by atoms with E-state index in [0.29, 0.717) is 18.9 Å². The summed E-state index contributed by atoms with van der Waals surface area (Å²) in [6.45, 7) is 7.15. The second-order valence-corrected chi connectivity index (χ2v) is 9.38. The smallest absolute Gasteiger partial charge is 0.410 e. The van der Waals surface area contributed by atoms with Crippen LogP contribution in [0.25, 0.3) is 0 Å². The van der Waals surface area contributed by atoms with E-state index in [1.54, 1.807) is 7.11 Å². The number of epoxide rings is 2. The number of aliphatic hydroxyl groups excluding tert-OH is 2. The van der Waals surface area contributed by atoms with Crippen LogP contribution in [0.15, 0.2) is 12.2 Å². The van der Waals surface area contributed by atoms with Gasteiger partial charge < -0.3 is 34.1 Å². The molecule has 0 aromatic heterocycles. The van der Waals surface area contributed by atoms with Gasteiger partial charge in [0.05, 0.1) is 37.8 Å². The lowest BCUT2D eigenvalue weighted by Gasteiger charge is -2.42. The maximum Gasteiger partial charge on any atom is 0.410 e. The maximum atomic E-state index is 12.6. The van der Waals surface area contributed by atoms with Crippen molar-refractivity contribution < 1.29 is 34.0 Å². The summed E-state index contributed by atoms with van der Waals surface area (Å²) >= 11 is 0. The number of allylic oxidation sites excluding steroid dienone is 1. The molecule has 8 nitrogen and oxygen atoms in total. The van der Waals surface area contributed by atoms with Crippen LogP contribution < -0.4 is 0 Å². The van der Waals surface area contributed by atoms with Crippen molar-refractivity contribution in [1.29, 1.82) is 0 Å².